The minimum absolute atomic E-state index is 0.0290. The molecule has 8 nitrogen and oxygen atoms in total. The number of aromatic nitrogens is 3. The molecule has 2 aromatic carbocycles. The standard InChI is InChI=1S/C19H19ClN6O2/c1-2-11-5-3-4-6-14(11)23-19-25-16(24-18(22)26-19)10-28-15-8-7-12(20)9-13(15)17(21)27/h3-9H,2,10H2,1H3,(H2,21,27)(H3,22,23,24,25,26). The molecule has 1 aromatic heterocycles. The summed E-state index contributed by atoms with van der Waals surface area (Å²) in [6.45, 7) is 2.03. The normalized spacial score (nSPS) is 10.5. The molecule has 0 radical (unpaired) electrons. The van der Waals surface area contributed by atoms with Crippen LogP contribution in [-0.4, -0.2) is 20.9 Å². The number of rotatable bonds is 7. The van der Waals surface area contributed by atoms with E-state index in [-0.39, 0.29) is 23.9 Å². The number of nitrogens with two attached hydrogens (primary N) is 2. The number of nitrogens with one attached hydrogen (secondary N) is 1. The van der Waals surface area contributed by atoms with Gasteiger partial charge in [0.15, 0.2) is 5.82 Å². The van der Waals surface area contributed by atoms with Crippen molar-refractivity contribution >= 4 is 35.1 Å². The van der Waals surface area contributed by atoms with E-state index >= 15 is 0 Å². The number of benzene rings is 2. The lowest BCUT2D eigenvalue weighted by molar-refractivity contribution is 0.0995. The Hall–Kier alpha value is -3.39. The highest BCUT2D eigenvalue weighted by Crippen LogP contribution is 2.24. The molecule has 0 bridgehead atoms. The van der Waals surface area contributed by atoms with Crippen LogP contribution in [0.2, 0.25) is 5.02 Å². The van der Waals surface area contributed by atoms with E-state index in [1.807, 2.05) is 24.3 Å². The summed E-state index contributed by atoms with van der Waals surface area (Å²) in [5, 5.41) is 3.53. The van der Waals surface area contributed by atoms with Gasteiger partial charge in [0.1, 0.15) is 12.4 Å². The van der Waals surface area contributed by atoms with Crippen LogP contribution in [0.15, 0.2) is 42.5 Å². The summed E-state index contributed by atoms with van der Waals surface area (Å²) in [6.07, 6.45) is 0.853. The molecule has 0 fully saturated rings. The van der Waals surface area contributed by atoms with Gasteiger partial charge in [0.05, 0.1) is 5.56 Å². The summed E-state index contributed by atoms with van der Waals surface area (Å²) < 4.78 is 5.65. The second-order valence-corrected chi connectivity index (χ2v) is 6.30. The van der Waals surface area contributed by atoms with Gasteiger partial charge in [-0.25, -0.2) is 0 Å². The molecule has 0 spiro atoms. The first-order valence-electron chi connectivity index (χ1n) is 8.53. The van der Waals surface area contributed by atoms with Crippen molar-refractivity contribution in [2.24, 2.45) is 5.73 Å². The van der Waals surface area contributed by atoms with Gasteiger partial charge in [-0.1, -0.05) is 36.7 Å². The quantitative estimate of drug-likeness (QED) is 0.557. The molecule has 9 heteroatoms. The predicted molar refractivity (Wildman–Crippen MR) is 108 cm³/mol. The van der Waals surface area contributed by atoms with Crippen molar-refractivity contribution in [1.29, 1.82) is 0 Å². The predicted octanol–water partition coefficient (Wildman–Crippen LogP) is 3.09. The second kappa shape index (κ2) is 8.53. The number of para-hydroxylation sites is 1. The summed E-state index contributed by atoms with van der Waals surface area (Å²) in [4.78, 5) is 24.1. The summed E-state index contributed by atoms with van der Waals surface area (Å²) in [5.41, 5.74) is 13.3. The van der Waals surface area contributed by atoms with Crippen molar-refractivity contribution in [3.8, 4) is 5.75 Å². The molecular weight excluding hydrogens is 380 g/mol. The Bertz CT molecular complexity index is 1010. The van der Waals surface area contributed by atoms with Crippen LogP contribution in [0.4, 0.5) is 17.6 Å². The monoisotopic (exact) mass is 398 g/mol. The first-order valence-corrected chi connectivity index (χ1v) is 8.91. The average Bonchev–Trinajstić information content (AvgIpc) is 2.67. The smallest absolute Gasteiger partial charge is 0.252 e. The lowest BCUT2D eigenvalue weighted by Gasteiger charge is -2.12. The lowest BCUT2D eigenvalue weighted by atomic mass is 10.1. The molecule has 0 aliphatic carbocycles. The minimum Gasteiger partial charge on any atom is -0.485 e. The van der Waals surface area contributed by atoms with Crippen LogP contribution >= 0.6 is 11.6 Å². The molecule has 0 atom stereocenters. The fourth-order valence-corrected chi connectivity index (χ4v) is 2.76. The van der Waals surface area contributed by atoms with Gasteiger partial charge in [0, 0.05) is 10.7 Å². The van der Waals surface area contributed by atoms with Gasteiger partial charge in [-0.3, -0.25) is 4.79 Å². The second-order valence-electron chi connectivity index (χ2n) is 5.86. The third-order valence-corrected chi connectivity index (χ3v) is 4.14. The fourth-order valence-electron chi connectivity index (χ4n) is 2.59. The maximum absolute atomic E-state index is 11.6. The number of hydrogen-bond acceptors (Lipinski definition) is 7. The van der Waals surface area contributed by atoms with Crippen molar-refractivity contribution in [2.45, 2.75) is 20.0 Å². The Morgan fingerprint density at radius 1 is 1.18 bits per heavy atom. The van der Waals surface area contributed by atoms with Gasteiger partial charge in [0.2, 0.25) is 11.9 Å². The van der Waals surface area contributed by atoms with Crippen LogP contribution in [0.25, 0.3) is 0 Å². The number of anilines is 3. The Balaban J connectivity index is 1.80. The third kappa shape index (κ3) is 4.66. The first-order chi connectivity index (χ1) is 13.5. The van der Waals surface area contributed by atoms with E-state index in [4.69, 9.17) is 27.8 Å². The van der Waals surface area contributed by atoms with Crippen molar-refractivity contribution in [3.63, 3.8) is 0 Å². The molecule has 3 rings (SSSR count). The fraction of sp³-hybridized carbons (Fsp3) is 0.158. The van der Waals surface area contributed by atoms with Crippen LogP contribution in [0.5, 0.6) is 5.75 Å². The van der Waals surface area contributed by atoms with Gasteiger partial charge in [-0.05, 0) is 36.2 Å². The van der Waals surface area contributed by atoms with Crippen LogP contribution in [-0.2, 0) is 13.0 Å². The summed E-state index contributed by atoms with van der Waals surface area (Å²) in [5.74, 6) is 0.289. The van der Waals surface area contributed by atoms with E-state index in [1.54, 1.807) is 12.1 Å². The highest BCUT2D eigenvalue weighted by molar-refractivity contribution is 6.31. The summed E-state index contributed by atoms with van der Waals surface area (Å²) in [7, 11) is 0. The van der Waals surface area contributed by atoms with Gasteiger partial charge < -0.3 is 21.5 Å². The third-order valence-electron chi connectivity index (χ3n) is 3.91. The first kappa shape index (κ1) is 19.4. The highest BCUT2D eigenvalue weighted by Gasteiger charge is 2.12. The zero-order chi connectivity index (χ0) is 20.1. The number of ether oxygens (including phenoxy) is 1. The van der Waals surface area contributed by atoms with Crippen molar-refractivity contribution in [3.05, 3.63) is 64.4 Å². The van der Waals surface area contributed by atoms with E-state index in [1.165, 1.54) is 6.07 Å². The topological polar surface area (TPSA) is 129 Å². The number of amides is 1. The van der Waals surface area contributed by atoms with E-state index < -0.39 is 5.91 Å². The van der Waals surface area contributed by atoms with Crippen molar-refractivity contribution in [2.75, 3.05) is 11.1 Å². The lowest BCUT2D eigenvalue weighted by Crippen LogP contribution is -2.14. The van der Waals surface area contributed by atoms with Crippen LogP contribution < -0.4 is 21.5 Å². The molecule has 0 saturated heterocycles. The molecule has 5 N–H and O–H groups in total. The zero-order valence-electron chi connectivity index (χ0n) is 15.1. The Labute approximate surface area is 166 Å². The van der Waals surface area contributed by atoms with Crippen molar-refractivity contribution < 1.29 is 9.53 Å². The number of primary amides is 1. The van der Waals surface area contributed by atoms with Crippen LogP contribution in [0.3, 0.4) is 0 Å². The number of carbonyl (C=O) groups excluding carboxylic acids is 1. The van der Waals surface area contributed by atoms with E-state index in [9.17, 15) is 4.79 Å². The molecular formula is C19H19ClN6O2. The molecule has 0 aliphatic rings. The number of halogens is 1. The molecule has 1 amide bonds. The Morgan fingerprint density at radius 2 is 1.96 bits per heavy atom. The largest absolute Gasteiger partial charge is 0.485 e. The number of nitrogen functional groups attached to an aromatic ring is 1. The van der Waals surface area contributed by atoms with Gasteiger partial charge in [-0.2, -0.15) is 15.0 Å². The molecule has 1 heterocycles. The molecule has 28 heavy (non-hydrogen) atoms. The van der Waals surface area contributed by atoms with Gasteiger partial charge >= 0.3 is 0 Å². The van der Waals surface area contributed by atoms with E-state index in [2.05, 4.69) is 27.2 Å². The number of hydrogen-bond donors (Lipinski definition) is 3. The SMILES string of the molecule is CCc1ccccc1Nc1nc(N)nc(COc2ccc(Cl)cc2C(N)=O)n1. The average molecular weight is 399 g/mol. The number of carbonyl (C=O) groups is 1. The molecule has 3 aromatic rings. The molecule has 0 saturated carbocycles. The maximum Gasteiger partial charge on any atom is 0.252 e. The summed E-state index contributed by atoms with van der Waals surface area (Å²) in [6, 6.07) is 12.4. The van der Waals surface area contributed by atoms with Gasteiger partial charge in [-0.15, -0.1) is 0 Å². The minimum atomic E-state index is -0.647. The maximum atomic E-state index is 11.6. The van der Waals surface area contributed by atoms with E-state index in [0.717, 1.165) is 17.7 Å². The molecule has 0 unspecified atom stereocenters. The summed E-state index contributed by atoms with van der Waals surface area (Å²) >= 11 is 5.90. The van der Waals surface area contributed by atoms with E-state index in [0.29, 0.717) is 16.8 Å². The van der Waals surface area contributed by atoms with Gasteiger partial charge in [0.25, 0.3) is 5.91 Å². The van der Waals surface area contributed by atoms with Crippen LogP contribution in [0, 0.1) is 0 Å². The van der Waals surface area contributed by atoms with Crippen LogP contribution in [0.1, 0.15) is 28.7 Å². The number of aryl methyl sites for hydroxylation is 1. The Morgan fingerprint density at radius 3 is 2.71 bits per heavy atom. The zero-order valence-corrected chi connectivity index (χ0v) is 15.9. The molecule has 144 valence electrons. The highest BCUT2D eigenvalue weighted by atomic mass is 35.5. The molecule has 0 aliphatic heterocycles. The van der Waals surface area contributed by atoms with Crippen molar-refractivity contribution in [1.82, 2.24) is 15.0 Å². The number of nitrogens with zero attached hydrogens (tertiary/aromatic N) is 3. The Kier molecular flexibility index (Phi) is 5.90.